The molecule has 5 nitrogen and oxygen atoms in total. The zero-order valence-electron chi connectivity index (χ0n) is 14.4. The highest BCUT2D eigenvalue weighted by Crippen LogP contribution is 2.21. The maximum atomic E-state index is 5.52. The molecule has 126 valence electrons. The highest BCUT2D eigenvalue weighted by atomic mass is 16.5. The first-order valence-corrected chi connectivity index (χ1v) is 7.81. The Morgan fingerprint density at radius 3 is 2.27 bits per heavy atom. The first-order valence-electron chi connectivity index (χ1n) is 7.81. The van der Waals surface area contributed by atoms with E-state index in [2.05, 4.69) is 35.3 Å². The van der Waals surface area contributed by atoms with Gasteiger partial charge in [-0.3, -0.25) is 4.90 Å². The molecule has 1 aromatic rings. The fourth-order valence-corrected chi connectivity index (χ4v) is 2.26. The molecule has 0 spiro atoms. The summed E-state index contributed by atoms with van der Waals surface area (Å²) < 4.78 is 15.9. The van der Waals surface area contributed by atoms with Crippen LogP contribution >= 0.6 is 0 Å². The van der Waals surface area contributed by atoms with Crippen molar-refractivity contribution < 1.29 is 14.2 Å². The van der Waals surface area contributed by atoms with Crippen molar-refractivity contribution in [2.75, 3.05) is 54.2 Å². The van der Waals surface area contributed by atoms with Crippen LogP contribution in [0.5, 0.6) is 5.75 Å². The van der Waals surface area contributed by atoms with Crippen LogP contribution in [-0.2, 0) is 22.6 Å². The lowest BCUT2D eigenvalue weighted by molar-refractivity contribution is 0.110. The quantitative estimate of drug-likeness (QED) is 0.639. The molecule has 0 amide bonds. The number of nitrogens with one attached hydrogen (secondary N) is 1. The van der Waals surface area contributed by atoms with Crippen LogP contribution in [0.1, 0.15) is 18.1 Å². The maximum absolute atomic E-state index is 5.52. The molecule has 0 aliphatic rings. The fourth-order valence-electron chi connectivity index (χ4n) is 2.26. The van der Waals surface area contributed by atoms with Gasteiger partial charge in [-0.05, 0) is 18.2 Å². The van der Waals surface area contributed by atoms with Gasteiger partial charge in [0, 0.05) is 46.0 Å². The molecule has 5 heteroatoms. The van der Waals surface area contributed by atoms with E-state index < -0.39 is 0 Å². The lowest BCUT2D eigenvalue weighted by atomic mass is 10.1. The standard InChI is InChI=1S/C17H30N2O3/c1-5-18-13-16-7-6-15(12-17(16)22-4)14-19(8-10-20-2)9-11-21-3/h6-7,12,18H,5,8-11,13-14H2,1-4H3. The number of rotatable bonds is 12. The predicted molar refractivity (Wildman–Crippen MR) is 89.4 cm³/mol. The fraction of sp³-hybridized carbons (Fsp3) is 0.647. The summed E-state index contributed by atoms with van der Waals surface area (Å²) in [5, 5.41) is 3.33. The summed E-state index contributed by atoms with van der Waals surface area (Å²) in [5.41, 5.74) is 2.43. The minimum Gasteiger partial charge on any atom is -0.496 e. The number of benzene rings is 1. The smallest absolute Gasteiger partial charge is 0.123 e. The van der Waals surface area contributed by atoms with E-state index in [1.807, 2.05) is 0 Å². The van der Waals surface area contributed by atoms with Crippen LogP contribution in [0.25, 0.3) is 0 Å². The van der Waals surface area contributed by atoms with Crippen molar-refractivity contribution in [2.45, 2.75) is 20.0 Å². The van der Waals surface area contributed by atoms with Gasteiger partial charge in [0.25, 0.3) is 0 Å². The first kappa shape index (κ1) is 18.9. The van der Waals surface area contributed by atoms with Crippen molar-refractivity contribution in [3.63, 3.8) is 0 Å². The second-order valence-electron chi connectivity index (χ2n) is 5.19. The zero-order chi connectivity index (χ0) is 16.2. The van der Waals surface area contributed by atoms with Gasteiger partial charge in [-0.2, -0.15) is 0 Å². The van der Waals surface area contributed by atoms with Crippen LogP contribution in [-0.4, -0.2) is 59.1 Å². The number of methoxy groups -OCH3 is 3. The molecular formula is C17H30N2O3. The normalized spacial score (nSPS) is 11.1. The Morgan fingerprint density at radius 2 is 1.73 bits per heavy atom. The Kier molecular flexibility index (Phi) is 9.82. The van der Waals surface area contributed by atoms with Gasteiger partial charge >= 0.3 is 0 Å². The molecule has 0 bridgehead atoms. The topological polar surface area (TPSA) is 43.0 Å². The van der Waals surface area contributed by atoms with Crippen LogP contribution in [0.3, 0.4) is 0 Å². The molecule has 0 aliphatic heterocycles. The van der Waals surface area contributed by atoms with Crippen LogP contribution in [0.2, 0.25) is 0 Å². The molecule has 0 saturated heterocycles. The summed E-state index contributed by atoms with van der Waals surface area (Å²) in [5.74, 6) is 0.942. The SMILES string of the molecule is CCNCc1ccc(CN(CCOC)CCOC)cc1OC. The zero-order valence-corrected chi connectivity index (χ0v) is 14.4. The predicted octanol–water partition coefficient (Wildman–Crippen LogP) is 1.90. The van der Waals surface area contributed by atoms with Crippen molar-refractivity contribution in [3.8, 4) is 5.75 Å². The Balaban J connectivity index is 2.71. The minimum absolute atomic E-state index is 0.722. The summed E-state index contributed by atoms with van der Waals surface area (Å²) in [6.45, 7) is 7.97. The van der Waals surface area contributed by atoms with Gasteiger partial charge in [-0.25, -0.2) is 0 Å². The molecule has 1 rings (SSSR count). The van der Waals surface area contributed by atoms with Gasteiger partial charge in [0.2, 0.25) is 0 Å². The summed E-state index contributed by atoms with van der Waals surface area (Å²) in [7, 11) is 5.18. The maximum Gasteiger partial charge on any atom is 0.123 e. The Morgan fingerprint density at radius 1 is 1.05 bits per heavy atom. The van der Waals surface area contributed by atoms with Crippen LogP contribution < -0.4 is 10.1 Å². The molecule has 0 aliphatic carbocycles. The van der Waals surface area contributed by atoms with Gasteiger partial charge < -0.3 is 19.5 Å². The number of nitrogens with zero attached hydrogens (tertiary/aromatic N) is 1. The van der Waals surface area contributed by atoms with E-state index in [1.54, 1.807) is 21.3 Å². The van der Waals surface area contributed by atoms with Gasteiger partial charge in [-0.1, -0.05) is 19.1 Å². The van der Waals surface area contributed by atoms with Gasteiger partial charge in [-0.15, -0.1) is 0 Å². The van der Waals surface area contributed by atoms with E-state index in [0.717, 1.165) is 51.7 Å². The van der Waals surface area contributed by atoms with E-state index in [4.69, 9.17) is 14.2 Å². The van der Waals surface area contributed by atoms with Crippen molar-refractivity contribution in [3.05, 3.63) is 29.3 Å². The highest BCUT2D eigenvalue weighted by Gasteiger charge is 2.09. The number of ether oxygens (including phenoxy) is 3. The molecule has 0 atom stereocenters. The first-order chi connectivity index (χ1) is 10.7. The van der Waals surface area contributed by atoms with E-state index in [9.17, 15) is 0 Å². The largest absolute Gasteiger partial charge is 0.496 e. The van der Waals surface area contributed by atoms with Crippen LogP contribution in [0, 0.1) is 0 Å². The third kappa shape index (κ3) is 6.75. The summed E-state index contributed by atoms with van der Waals surface area (Å²) in [4.78, 5) is 2.33. The van der Waals surface area contributed by atoms with Gasteiger partial charge in [0.15, 0.2) is 0 Å². The van der Waals surface area contributed by atoms with Crippen LogP contribution in [0.4, 0.5) is 0 Å². The van der Waals surface area contributed by atoms with Gasteiger partial charge in [0.05, 0.1) is 20.3 Å². The third-order valence-corrected chi connectivity index (χ3v) is 3.55. The van der Waals surface area contributed by atoms with Crippen molar-refractivity contribution >= 4 is 0 Å². The Bertz CT molecular complexity index is 405. The number of hydrogen-bond acceptors (Lipinski definition) is 5. The lowest BCUT2D eigenvalue weighted by Crippen LogP contribution is -2.30. The molecule has 0 heterocycles. The Labute approximate surface area is 134 Å². The molecule has 22 heavy (non-hydrogen) atoms. The molecule has 0 aromatic heterocycles. The third-order valence-electron chi connectivity index (χ3n) is 3.55. The number of hydrogen-bond donors (Lipinski definition) is 1. The van der Waals surface area contributed by atoms with Gasteiger partial charge in [0.1, 0.15) is 5.75 Å². The van der Waals surface area contributed by atoms with Crippen molar-refractivity contribution in [1.82, 2.24) is 10.2 Å². The summed E-state index contributed by atoms with van der Waals surface area (Å²) in [6.07, 6.45) is 0. The van der Waals surface area contributed by atoms with E-state index in [-0.39, 0.29) is 0 Å². The van der Waals surface area contributed by atoms with Crippen molar-refractivity contribution in [2.24, 2.45) is 0 Å². The van der Waals surface area contributed by atoms with Crippen molar-refractivity contribution in [1.29, 1.82) is 0 Å². The molecule has 0 saturated carbocycles. The van der Waals surface area contributed by atoms with Crippen LogP contribution in [0.15, 0.2) is 18.2 Å². The van der Waals surface area contributed by atoms with E-state index >= 15 is 0 Å². The van der Waals surface area contributed by atoms with E-state index in [1.165, 1.54) is 11.1 Å². The molecular weight excluding hydrogens is 280 g/mol. The molecule has 1 aromatic carbocycles. The molecule has 0 fully saturated rings. The average Bonchev–Trinajstić information content (AvgIpc) is 2.55. The summed E-state index contributed by atoms with van der Waals surface area (Å²) >= 11 is 0. The summed E-state index contributed by atoms with van der Waals surface area (Å²) in [6, 6.07) is 6.43. The Hall–Kier alpha value is -1.14. The second-order valence-corrected chi connectivity index (χ2v) is 5.19. The molecule has 0 unspecified atom stereocenters. The highest BCUT2D eigenvalue weighted by molar-refractivity contribution is 5.37. The second kappa shape index (κ2) is 11.4. The van der Waals surface area contributed by atoms with E-state index in [0.29, 0.717) is 0 Å². The average molecular weight is 310 g/mol. The lowest BCUT2D eigenvalue weighted by Gasteiger charge is -2.22. The monoisotopic (exact) mass is 310 g/mol. The minimum atomic E-state index is 0.722. The molecule has 0 radical (unpaired) electrons. The molecule has 1 N–H and O–H groups in total.